The van der Waals surface area contributed by atoms with Gasteiger partial charge in [0.1, 0.15) is 5.60 Å². The van der Waals surface area contributed by atoms with Crippen LogP contribution in [0.1, 0.15) is 39.5 Å². The van der Waals surface area contributed by atoms with Crippen LogP contribution in [0.5, 0.6) is 0 Å². The molecule has 5 heteroatoms. The van der Waals surface area contributed by atoms with Crippen molar-refractivity contribution >= 4 is 12.1 Å². The van der Waals surface area contributed by atoms with Crippen LogP contribution in [0, 0.1) is 5.92 Å². The largest absolute Gasteiger partial charge is 0.457 e. The van der Waals surface area contributed by atoms with Crippen LogP contribution in [0.3, 0.4) is 0 Å². The average Bonchev–Trinajstić information content (AvgIpc) is 2.67. The minimum absolute atomic E-state index is 0.394. The molecule has 0 radical (unpaired) electrons. The van der Waals surface area contributed by atoms with E-state index in [1.165, 1.54) is 12.8 Å². The Morgan fingerprint density at radius 2 is 1.88 bits per heavy atom. The van der Waals surface area contributed by atoms with Gasteiger partial charge in [-0.3, -0.25) is 0 Å². The Balaban J connectivity index is 2.38. The Morgan fingerprint density at radius 3 is 2.38 bits per heavy atom. The molecule has 2 N–H and O–H groups in total. The van der Waals surface area contributed by atoms with Crippen molar-refractivity contribution in [2.24, 2.45) is 11.7 Å². The van der Waals surface area contributed by atoms with E-state index in [1.54, 1.807) is 0 Å². The van der Waals surface area contributed by atoms with Gasteiger partial charge in [-0.05, 0) is 32.6 Å². The lowest BCUT2D eigenvalue weighted by atomic mass is 9.89. The van der Waals surface area contributed by atoms with Crippen LogP contribution in [0.25, 0.3) is 0 Å². The number of amides is 1. The van der Waals surface area contributed by atoms with Crippen molar-refractivity contribution in [3.05, 3.63) is 0 Å². The molecule has 0 aromatic carbocycles. The molecule has 0 aliphatic heterocycles. The first-order valence-corrected chi connectivity index (χ1v) is 5.56. The number of esters is 1. The first kappa shape index (κ1) is 12.8. The lowest BCUT2D eigenvalue weighted by Gasteiger charge is -2.31. The first-order chi connectivity index (χ1) is 7.42. The SMILES string of the molecule is CC(C)(OC(=O)COC(N)=O)C1CCCC1. The lowest BCUT2D eigenvalue weighted by Crippen LogP contribution is -2.37. The summed E-state index contributed by atoms with van der Waals surface area (Å²) in [5, 5.41) is 0. The third-order valence-electron chi connectivity index (χ3n) is 3.05. The molecular formula is C11H19NO4. The molecule has 1 rings (SSSR count). The van der Waals surface area contributed by atoms with Crippen LogP contribution < -0.4 is 5.73 Å². The van der Waals surface area contributed by atoms with Crippen molar-refractivity contribution in [2.45, 2.75) is 45.1 Å². The minimum Gasteiger partial charge on any atom is -0.457 e. The zero-order valence-electron chi connectivity index (χ0n) is 9.82. The van der Waals surface area contributed by atoms with Crippen molar-refractivity contribution in [2.75, 3.05) is 6.61 Å². The molecule has 1 fully saturated rings. The summed E-state index contributed by atoms with van der Waals surface area (Å²) in [6, 6.07) is 0. The van der Waals surface area contributed by atoms with E-state index >= 15 is 0 Å². The molecule has 1 aliphatic carbocycles. The second-order valence-corrected chi connectivity index (χ2v) is 4.67. The summed E-state index contributed by atoms with van der Waals surface area (Å²) >= 11 is 0. The lowest BCUT2D eigenvalue weighted by molar-refractivity contribution is -0.164. The Bertz CT molecular complexity index is 269. The zero-order chi connectivity index (χ0) is 12.2. The van der Waals surface area contributed by atoms with E-state index in [9.17, 15) is 9.59 Å². The standard InChI is InChI=1S/C11H19NO4/c1-11(2,8-5-3-4-6-8)16-9(13)7-15-10(12)14/h8H,3-7H2,1-2H3,(H2,12,14). The predicted molar refractivity (Wildman–Crippen MR) is 57.7 cm³/mol. The fourth-order valence-electron chi connectivity index (χ4n) is 2.16. The molecule has 0 saturated heterocycles. The average molecular weight is 229 g/mol. The van der Waals surface area contributed by atoms with Gasteiger partial charge in [-0.25, -0.2) is 9.59 Å². The molecule has 16 heavy (non-hydrogen) atoms. The third kappa shape index (κ3) is 3.72. The van der Waals surface area contributed by atoms with E-state index in [2.05, 4.69) is 4.74 Å². The normalized spacial score (nSPS) is 17.1. The second-order valence-electron chi connectivity index (χ2n) is 4.67. The molecule has 92 valence electrons. The van der Waals surface area contributed by atoms with Gasteiger partial charge in [0.25, 0.3) is 0 Å². The molecule has 5 nitrogen and oxygen atoms in total. The van der Waals surface area contributed by atoms with Gasteiger partial charge in [0, 0.05) is 0 Å². The van der Waals surface area contributed by atoms with Gasteiger partial charge in [-0.2, -0.15) is 0 Å². The Morgan fingerprint density at radius 1 is 1.31 bits per heavy atom. The third-order valence-corrected chi connectivity index (χ3v) is 3.05. The first-order valence-electron chi connectivity index (χ1n) is 5.56. The number of hydrogen-bond donors (Lipinski definition) is 1. The number of carbonyl (C=O) groups is 2. The highest BCUT2D eigenvalue weighted by Crippen LogP contribution is 2.35. The van der Waals surface area contributed by atoms with E-state index in [-0.39, 0.29) is 0 Å². The Kier molecular flexibility index (Phi) is 4.15. The van der Waals surface area contributed by atoms with E-state index in [1.807, 2.05) is 13.8 Å². The zero-order valence-corrected chi connectivity index (χ0v) is 9.82. The van der Waals surface area contributed by atoms with Crippen molar-refractivity contribution < 1.29 is 19.1 Å². The Labute approximate surface area is 95.3 Å². The summed E-state index contributed by atoms with van der Waals surface area (Å²) in [5.74, 6) is -0.152. The molecule has 0 atom stereocenters. The second kappa shape index (κ2) is 5.18. The molecule has 0 bridgehead atoms. The van der Waals surface area contributed by atoms with Gasteiger partial charge in [0.05, 0.1) is 0 Å². The fraction of sp³-hybridized carbons (Fsp3) is 0.818. The highest BCUT2D eigenvalue weighted by atomic mass is 16.6. The van der Waals surface area contributed by atoms with Crippen LogP contribution in [0.4, 0.5) is 4.79 Å². The summed E-state index contributed by atoms with van der Waals surface area (Å²) in [4.78, 5) is 21.7. The summed E-state index contributed by atoms with van der Waals surface area (Å²) in [5.41, 5.74) is 4.27. The van der Waals surface area contributed by atoms with Gasteiger partial charge in [-0.15, -0.1) is 0 Å². The quantitative estimate of drug-likeness (QED) is 0.742. The maximum absolute atomic E-state index is 11.4. The number of nitrogens with two attached hydrogens (primary N) is 1. The van der Waals surface area contributed by atoms with E-state index in [0.717, 1.165) is 12.8 Å². The number of primary amides is 1. The Hall–Kier alpha value is -1.26. The summed E-state index contributed by atoms with van der Waals surface area (Å²) in [6.07, 6.45) is 3.57. The summed E-state index contributed by atoms with van der Waals surface area (Å²) in [7, 11) is 0. The molecule has 0 aromatic rings. The van der Waals surface area contributed by atoms with Gasteiger partial charge >= 0.3 is 12.1 Å². The number of rotatable bonds is 4. The van der Waals surface area contributed by atoms with Crippen LogP contribution in [0.15, 0.2) is 0 Å². The molecule has 0 heterocycles. The molecule has 0 spiro atoms. The van der Waals surface area contributed by atoms with Crippen LogP contribution >= 0.6 is 0 Å². The summed E-state index contributed by atoms with van der Waals surface area (Å²) in [6.45, 7) is 3.38. The van der Waals surface area contributed by atoms with Gasteiger partial charge in [-0.1, -0.05) is 12.8 Å². The molecule has 1 aliphatic rings. The highest BCUT2D eigenvalue weighted by Gasteiger charge is 2.35. The van der Waals surface area contributed by atoms with Crippen molar-refractivity contribution in [1.29, 1.82) is 0 Å². The minimum atomic E-state index is -0.962. The van der Waals surface area contributed by atoms with E-state index in [0.29, 0.717) is 5.92 Å². The fourth-order valence-corrected chi connectivity index (χ4v) is 2.16. The molecule has 1 saturated carbocycles. The van der Waals surface area contributed by atoms with Crippen molar-refractivity contribution in [3.63, 3.8) is 0 Å². The maximum Gasteiger partial charge on any atom is 0.405 e. The monoisotopic (exact) mass is 229 g/mol. The summed E-state index contributed by atoms with van der Waals surface area (Å²) < 4.78 is 9.68. The maximum atomic E-state index is 11.4. The molecular weight excluding hydrogens is 210 g/mol. The number of hydrogen-bond acceptors (Lipinski definition) is 4. The van der Waals surface area contributed by atoms with Gasteiger partial charge in [0.15, 0.2) is 6.61 Å². The molecule has 1 amide bonds. The van der Waals surface area contributed by atoms with E-state index in [4.69, 9.17) is 10.5 Å². The van der Waals surface area contributed by atoms with Gasteiger partial charge in [0.2, 0.25) is 0 Å². The number of carbonyl (C=O) groups excluding carboxylic acids is 2. The van der Waals surface area contributed by atoms with Crippen LogP contribution in [0.2, 0.25) is 0 Å². The van der Waals surface area contributed by atoms with Crippen molar-refractivity contribution in [1.82, 2.24) is 0 Å². The highest BCUT2D eigenvalue weighted by molar-refractivity contribution is 5.75. The molecule has 0 aromatic heterocycles. The number of ether oxygens (including phenoxy) is 2. The van der Waals surface area contributed by atoms with E-state index < -0.39 is 24.3 Å². The van der Waals surface area contributed by atoms with Gasteiger partial charge < -0.3 is 15.2 Å². The topological polar surface area (TPSA) is 78.6 Å². The molecule has 0 unspecified atom stereocenters. The smallest absolute Gasteiger partial charge is 0.405 e. The predicted octanol–water partition coefficient (Wildman–Crippen LogP) is 1.59. The van der Waals surface area contributed by atoms with Crippen LogP contribution in [-0.2, 0) is 14.3 Å². The van der Waals surface area contributed by atoms with Crippen LogP contribution in [-0.4, -0.2) is 24.3 Å². The van der Waals surface area contributed by atoms with Crippen molar-refractivity contribution in [3.8, 4) is 0 Å².